The minimum atomic E-state index is -0.635. The summed E-state index contributed by atoms with van der Waals surface area (Å²) in [6.45, 7) is 2.42. The monoisotopic (exact) mass is 337 g/mol. The minimum absolute atomic E-state index is 0.203. The van der Waals surface area contributed by atoms with Crippen molar-refractivity contribution in [1.29, 1.82) is 0 Å². The third kappa shape index (κ3) is 4.47. The second kappa shape index (κ2) is 7.21. The van der Waals surface area contributed by atoms with Crippen LogP contribution in [-0.4, -0.2) is 34.3 Å². The Morgan fingerprint density at radius 3 is 2.90 bits per heavy atom. The van der Waals surface area contributed by atoms with Crippen LogP contribution in [0.1, 0.15) is 5.69 Å². The van der Waals surface area contributed by atoms with Crippen LogP contribution in [0.25, 0.3) is 0 Å². The number of ether oxygens (including phenoxy) is 1. The van der Waals surface area contributed by atoms with Gasteiger partial charge in [0.2, 0.25) is 0 Å². The van der Waals surface area contributed by atoms with Gasteiger partial charge in [0.25, 0.3) is 0 Å². The van der Waals surface area contributed by atoms with E-state index >= 15 is 0 Å². The number of aromatic nitrogens is 2. The molecule has 1 aromatic carbocycles. The van der Waals surface area contributed by atoms with Crippen molar-refractivity contribution in [3.8, 4) is 5.75 Å². The van der Waals surface area contributed by atoms with E-state index in [4.69, 9.17) is 4.74 Å². The maximum Gasteiger partial charge on any atom is 0.144 e. The molecule has 1 aromatic heterocycles. The van der Waals surface area contributed by atoms with Crippen LogP contribution < -0.4 is 10.1 Å². The molecule has 0 unspecified atom stereocenters. The van der Waals surface area contributed by atoms with E-state index in [2.05, 4.69) is 31.2 Å². The first-order chi connectivity index (χ1) is 9.65. The highest BCUT2D eigenvalue weighted by Crippen LogP contribution is 2.23. The fourth-order valence-electron chi connectivity index (χ4n) is 1.58. The van der Waals surface area contributed by atoms with E-state index in [9.17, 15) is 5.11 Å². The molecule has 0 fully saturated rings. The second-order valence-electron chi connectivity index (χ2n) is 4.32. The number of aryl methyl sites for hydroxylation is 1. The number of halogens is 1. The van der Waals surface area contributed by atoms with Crippen LogP contribution in [0, 0.1) is 6.92 Å². The smallest absolute Gasteiger partial charge is 0.144 e. The first-order valence-electron chi connectivity index (χ1n) is 6.23. The standard InChI is InChI=1S/C14H16BrN3O2/c1-10-6-16-8-14(18-10)17-7-11(19)9-20-13-5-3-2-4-12(13)15/h2-6,8,11,19H,7,9H2,1H3,(H,17,18)/t11-/m1/s1. The average Bonchev–Trinajstić information content (AvgIpc) is 2.44. The SMILES string of the molecule is Cc1cncc(NC[C@@H](O)COc2ccccc2Br)n1. The molecule has 20 heavy (non-hydrogen) atoms. The van der Waals surface area contributed by atoms with E-state index in [0.29, 0.717) is 18.1 Å². The lowest BCUT2D eigenvalue weighted by atomic mass is 10.3. The van der Waals surface area contributed by atoms with E-state index in [-0.39, 0.29) is 6.61 Å². The fourth-order valence-corrected chi connectivity index (χ4v) is 1.98. The van der Waals surface area contributed by atoms with Crippen LogP contribution >= 0.6 is 15.9 Å². The Labute approximate surface area is 126 Å². The Kier molecular flexibility index (Phi) is 5.31. The van der Waals surface area contributed by atoms with Gasteiger partial charge in [-0.05, 0) is 35.0 Å². The number of hydrogen-bond acceptors (Lipinski definition) is 5. The number of rotatable bonds is 6. The summed E-state index contributed by atoms with van der Waals surface area (Å²) in [4.78, 5) is 8.27. The topological polar surface area (TPSA) is 67.3 Å². The molecular weight excluding hydrogens is 322 g/mol. The molecule has 0 aliphatic heterocycles. The van der Waals surface area contributed by atoms with Gasteiger partial charge in [-0.2, -0.15) is 0 Å². The van der Waals surface area contributed by atoms with Gasteiger partial charge in [0, 0.05) is 12.7 Å². The lowest BCUT2D eigenvalue weighted by Gasteiger charge is -2.14. The molecule has 5 nitrogen and oxygen atoms in total. The Morgan fingerprint density at radius 2 is 2.15 bits per heavy atom. The van der Waals surface area contributed by atoms with Gasteiger partial charge in [-0.1, -0.05) is 12.1 Å². The molecule has 0 bridgehead atoms. The zero-order chi connectivity index (χ0) is 14.4. The minimum Gasteiger partial charge on any atom is -0.490 e. The highest BCUT2D eigenvalue weighted by molar-refractivity contribution is 9.10. The Bertz CT molecular complexity index is 566. The maximum absolute atomic E-state index is 9.88. The van der Waals surface area contributed by atoms with Gasteiger partial charge in [0.15, 0.2) is 0 Å². The van der Waals surface area contributed by atoms with Crippen LogP contribution in [-0.2, 0) is 0 Å². The van der Waals surface area contributed by atoms with Gasteiger partial charge in [-0.25, -0.2) is 4.98 Å². The lowest BCUT2D eigenvalue weighted by Crippen LogP contribution is -2.26. The molecule has 0 saturated carbocycles. The van der Waals surface area contributed by atoms with Crippen LogP contribution in [0.2, 0.25) is 0 Å². The fraction of sp³-hybridized carbons (Fsp3) is 0.286. The molecule has 106 valence electrons. The molecule has 0 saturated heterocycles. The lowest BCUT2D eigenvalue weighted by molar-refractivity contribution is 0.117. The summed E-state index contributed by atoms with van der Waals surface area (Å²) in [5.74, 6) is 1.35. The van der Waals surface area contributed by atoms with Gasteiger partial charge >= 0.3 is 0 Å². The van der Waals surface area contributed by atoms with Crippen molar-refractivity contribution in [2.45, 2.75) is 13.0 Å². The molecule has 2 aromatic rings. The summed E-state index contributed by atoms with van der Waals surface area (Å²) >= 11 is 3.39. The number of para-hydroxylation sites is 1. The van der Waals surface area contributed by atoms with Crippen molar-refractivity contribution in [3.05, 3.63) is 46.8 Å². The highest BCUT2D eigenvalue weighted by atomic mass is 79.9. The number of anilines is 1. The predicted octanol–water partition coefficient (Wildman–Crippen LogP) is 2.40. The molecule has 1 heterocycles. The Balaban J connectivity index is 1.78. The normalized spacial score (nSPS) is 11.9. The van der Waals surface area contributed by atoms with Crippen molar-refractivity contribution >= 4 is 21.7 Å². The number of aliphatic hydroxyl groups is 1. The molecule has 0 aliphatic rings. The third-order valence-corrected chi connectivity index (χ3v) is 3.20. The van der Waals surface area contributed by atoms with Crippen molar-refractivity contribution in [3.63, 3.8) is 0 Å². The zero-order valence-electron chi connectivity index (χ0n) is 11.1. The van der Waals surface area contributed by atoms with Gasteiger partial charge in [-0.15, -0.1) is 0 Å². The Morgan fingerprint density at radius 1 is 1.35 bits per heavy atom. The highest BCUT2D eigenvalue weighted by Gasteiger charge is 2.07. The number of hydrogen-bond donors (Lipinski definition) is 2. The van der Waals surface area contributed by atoms with Gasteiger partial charge < -0.3 is 15.2 Å². The quantitative estimate of drug-likeness (QED) is 0.847. The summed E-state index contributed by atoms with van der Waals surface area (Å²) in [7, 11) is 0. The van der Waals surface area contributed by atoms with Crippen LogP contribution in [0.3, 0.4) is 0 Å². The molecular formula is C14H16BrN3O2. The van der Waals surface area contributed by atoms with E-state index in [1.807, 2.05) is 31.2 Å². The largest absolute Gasteiger partial charge is 0.490 e. The van der Waals surface area contributed by atoms with Crippen molar-refractivity contribution in [2.75, 3.05) is 18.5 Å². The summed E-state index contributed by atoms with van der Waals surface area (Å²) in [5.41, 5.74) is 0.828. The number of aliphatic hydroxyl groups excluding tert-OH is 1. The van der Waals surface area contributed by atoms with E-state index < -0.39 is 6.10 Å². The molecule has 0 spiro atoms. The summed E-state index contributed by atoms with van der Waals surface area (Å²) in [5, 5.41) is 12.9. The summed E-state index contributed by atoms with van der Waals surface area (Å²) in [6.07, 6.45) is 2.66. The van der Waals surface area contributed by atoms with Crippen LogP contribution in [0.4, 0.5) is 5.82 Å². The third-order valence-electron chi connectivity index (χ3n) is 2.54. The zero-order valence-corrected chi connectivity index (χ0v) is 12.7. The molecule has 1 atom stereocenters. The predicted molar refractivity (Wildman–Crippen MR) is 80.9 cm³/mol. The maximum atomic E-state index is 9.88. The van der Waals surface area contributed by atoms with Crippen LogP contribution in [0.5, 0.6) is 5.75 Å². The van der Waals surface area contributed by atoms with Gasteiger partial charge in [0.1, 0.15) is 24.3 Å². The van der Waals surface area contributed by atoms with Crippen molar-refractivity contribution < 1.29 is 9.84 Å². The molecule has 0 aliphatic carbocycles. The first kappa shape index (κ1) is 14.7. The van der Waals surface area contributed by atoms with Crippen molar-refractivity contribution in [2.24, 2.45) is 0 Å². The van der Waals surface area contributed by atoms with Gasteiger partial charge in [-0.3, -0.25) is 4.98 Å². The van der Waals surface area contributed by atoms with Crippen LogP contribution in [0.15, 0.2) is 41.1 Å². The molecule has 2 rings (SSSR count). The van der Waals surface area contributed by atoms with E-state index in [1.165, 1.54) is 0 Å². The van der Waals surface area contributed by atoms with Gasteiger partial charge in [0.05, 0.1) is 16.4 Å². The summed E-state index contributed by atoms with van der Waals surface area (Å²) < 4.78 is 6.40. The summed E-state index contributed by atoms with van der Waals surface area (Å²) in [6, 6.07) is 7.52. The molecule has 0 amide bonds. The Hall–Kier alpha value is -1.66. The molecule has 6 heteroatoms. The van der Waals surface area contributed by atoms with Crippen molar-refractivity contribution in [1.82, 2.24) is 9.97 Å². The van der Waals surface area contributed by atoms with E-state index in [0.717, 1.165) is 10.2 Å². The number of nitrogens with one attached hydrogen (secondary N) is 1. The first-order valence-corrected chi connectivity index (χ1v) is 7.02. The average molecular weight is 338 g/mol. The molecule has 2 N–H and O–H groups in total. The second-order valence-corrected chi connectivity index (χ2v) is 5.18. The molecule has 0 radical (unpaired) electrons. The number of nitrogens with zero attached hydrogens (tertiary/aromatic N) is 2. The number of benzene rings is 1. The van der Waals surface area contributed by atoms with E-state index in [1.54, 1.807) is 12.4 Å².